The van der Waals surface area contributed by atoms with E-state index in [1.165, 1.54) is 5.56 Å². The topological polar surface area (TPSA) is 52.6 Å². The predicted molar refractivity (Wildman–Crippen MR) is 65.1 cm³/mol. The quantitative estimate of drug-likeness (QED) is 0.602. The second kappa shape index (κ2) is 5.78. The molecule has 0 fully saturated rings. The van der Waals surface area contributed by atoms with Crippen LogP contribution in [0.1, 0.15) is 30.6 Å². The van der Waals surface area contributed by atoms with Crippen LogP contribution < -0.4 is 0 Å². The zero-order valence-corrected chi connectivity index (χ0v) is 10.3. The van der Waals surface area contributed by atoms with Gasteiger partial charge in [-0.15, -0.1) is 0 Å². The minimum Gasteiger partial charge on any atom is -0.460 e. The van der Waals surface area contributed by atoms with Crippen molar-refractivity contribution in [2.45, 2.75) is 25.9 Å². The molecule has 1 aliphatic rings. The van der Waals surface area contributed by atoms with Crippen LogP contribution in [0, 0.1) is 0 Å². The van der Waals surface area contributed by atoms with Crippen molar-refractivity contribution in [2.75, 3.05) is 13.2 Å². The second-order valence-corrected chi connectivity index (χ2v) is 4.16. The van der Waals surface area contributed by atoms with Gasteiger partial charge in [0.2, 0.25) is 5.78 Å². The molecule has 0 aromatic heterocycles. The first-order chi connectivity index (χ1) is 8.72. The third-order valence-electron chi connectivity index (χ3n) is 2.97. The smallest absolute Gasteiger partial charge is 0.374 e. The van der Waals surface area contributed by atoms with Crippen LogP contribution in [0.5, 0.6) is 0 Å². The van der Waals surface area contributed by atoms with Crippen molar-refractivity contribution in [1.82, 2.24) is 0 Å². The van der Waals surface area contributed by atoms with Crippen LogP contribution in [0.25, 0.3) is 0 Å². The number of benzene rings is 1. The van der Waals surface area contributed by atoms with E-state index >= 15 is 0 Å². The molecule has 4 nitrogen and oxygen atoms in total. The van der Waals surface area contributed by atoms with Gasteiger partial charge in [0.05, 0.1) is 19.3 Å². The summed E-state index contributed by atoms with van der Waals surface area (Å²) < 4.78 is 10.3. The summed E-state index contributed by atoms with van der Waals surface area (Å²) >= 11 is 0. The highest BCUT2D eigenvalue weighted by atomic mass is 16.5. The highest BCUT2D eigenvalue weighted by molar-refractivity contribution is 6.33. The van der Waals surface area contributed by atoms with Crippen molar-refractivity contribution in [1.29, 1.82) is 0 Å². The van der Waals surface area contributed by atoms with Crippen LogP contribution in [0.2, 0.25) is 0 Å². The highest BCUT2D eigenvalue weighted by Crippen LogP contribution is 2.29. The monoisotopic (exact) mass is 248 g/mol. The lowest BCUT2D eigenvalue weighted by Gasteiger charge is -2.25. The van der Waals surface area contributed by atoms with Gasteiger partial charge < -0.3 is 9.47 Å². The SMILES string of the molecule is CCOC(=O)C(=O)C[C@H]1OCCc2ccccc21. The van der Waals surface area contributed by atoms with E-state index in [0.29, 0.717) is 6.61 Å². The van der Waals surface area contributed by atoms with Crippen LogP contribution in [0.3, 0.4) is 0 Å². The zero-order valence-electron chi connectivity index (χ0n) is 10.3. The molecule has 2 rings (SSSR count). The van der Waals surface area contributed by atoms with Crippen molar-refractivity contribution >= 4 is 11.8 Å². The van der Waals surface area contributed by atoms with E-state index in [2.05, 4.69) is 4.74 Å². The van der Waals surface area contributed by atoms with Crippen molar-refractivity contribution in [3.05, 3.63) is 35.4 Å². The maximum Gasteiger partial charge on any atom is 0.374 e. The van der Waals surface area contributed by atoms with Gasteiger partial charge in [-0.25, -0.2) is 4.79 Å². The summed E-state index contributed by atoms with van der Waals surface area (Å²) in [6, 6.07) is 7.85. The van der Waals surface area contributed by atoms with E-state index < -0.39 is 11.8 Å². The molecule has 0 N–H and O–H groups in total. The number of ketones is 1. The van der Waals surface area contributed by atoms with Crippen molar-refractivity contribution < 1.29 is 19.1 Å². The number of hydrogen-bond acceptors (Lipinski definition) is 4. The van der Waals surface area contributed by atoms with Crippen molar-refractivity contribution in [3.8, 4) is 0 Å². The second-order valence-electron chi connectivity index (χ2n) is 4.16. The maximum absolute atomic E-state index is 11.7. The Hall–Kier alpha value is -1.68. The number of ether oxygens (including phenoxy) is 2. The Balaban J connectivity index is 2.07. The molecule has 1 atom stereocenters. The minimum absolute atomic E-state index is 0.0514. The molecule has 1 aliphatic heterocycles. The van der Waals surface area contributed by atoms with Crippen LogP contribution >= 0.6 is 0 Å². The van der Waals surface area contributed by atoms with E-state index in [4.69, 9.17) is 4.74 Å². The number of carbonyl (C=O) groups is 2. The molecule has 18 heavy (non-hydrogen) atoms. The highest BCUT2D eigenvalue weighted by Gasteiger charge is 2.26. The summed E-state index contributed by atoms with van der Waals surface area (Å²) in [4.78, 5) is 23.0. The molecule has 0 saturated carbocycles. The molecule has 0 radical (unpaired) electrons. The van der Waals surface area contributed by atoms with Gasteiger partial charge in [0, 0.05) is 6.42 Å². The molecule has 0 saturated heterocycles. The van der Waals surface area contributed by atoms with E-state index in [1.807, 2.05) is 24.3 Å². The third kappa shape index (κ3) is 2.76. The average Bonchev–Trinajstić information content (AvgIpc) is 2.39. The van der Waals surface area contributed by atoms with Crippen molar-refractivity contribution in [2.24, 2.45) is 0 Å². The minimum atomic E-state index is -0.774. The maximum atomic E-state index is 11.7. The molecule has 0 bridgehead atoms. The lowest BCUT2D eigenvalue weighted by Crippen LogP contribution is -2.24. The molecule has 96 valence electrons. The number of hydrogen-bond donors (Lipinski definition) is 0. The van der Waals surface area contributed by atoms with Gasteiger partial charge in [-0.3, -0.25) is 4.79 Å². The first-order valence-electron chi connectivity index (χ1n) is 6.11. The summed E-state index contributed by atoms with van der Waals surface area (Å²) in [5.74, 6) is -1.30. The fourth-order valence-electron chi connectivity index (χ4n) is 2.11. The Morgan fingerprint density at radius 3 is 2.94 bits per heavy atom. The van der Waals surface area contributed by atoms with E-state index in [-0.39, 0.29) is 19.1 Å². The Morgan fingerprint density at radius 1 is 1.39 bits per heavy atom. The number of rotatable bonds is 4. The molecule has 1 aromatic carbocycles. The molecule has 0 spiro atoms. The summed E-state index contributed by atoms with van der Waals surface area (Å²) in [6.07, 6.45) is 0.572. The van der Waals surface area contributed by atoms with Gasteiger partial charge in [0.15, 0.2) is 0 Å². The molecule has 1 heterocycles. The number of Topliss-reactive ketones (excluding diaryl/α,β-unsaturated/α-hetero) is 1. The lowest BCUT2D eigenvalue weighted by atomic mass is 9.95. The summed E-state index contributed by atoms with van der Waals surface area (Å²) in [5, 5.41) is 0. The summed E-state index contributed by atoms with van der Waals surface area (Å²) in [6.45, 7) is 2.47. The molecule has 0 aliphatic carbocycles. The van der Waals surface area contributed by atoms with Gasteiger partial charge >= 0.3 is 5.97 Å². The Morgan fingerprint density at radius 2 is 2.17 bits per heavy atom. The predicted octanol–water partition coefficient (Wildman–Crippen LogP) is 1.82. The first-order valence-corrected chi connectivity index (χ1v) is 6.11. The van der Waals surface area contributed by atoms with Gasteiger partial charge in [-0.05, 0) is 24.5 Å². The number of esters is 1. The van der Waals surface area contributed by atoms with Crippen LogP contribution in [0.4, 0.5) is 0 Å². The normalized spacial score (nSPS) is 17.9. The van der Waals surface area contributed by atoms with Gasteiger partial charge in [-0.2, -0.15) is 0 Å². The van der Waals surface area contributed by atoms with E-state index in [0.717, 1.165) is 12.0 Å². The van der Waals surface area contributed by atoms with Gasteiger partial charge in [0.25, 0.3) is 0 Å². The Labute approximate surface area is 106 Å². The van der Waals surface area contributed by atoms with Crippen LogP contribution in [0.15, 0.2) is 24.3 Å². The molecular formula is C14H16O4. The lowest BCUT2D eigenvalue weighted by molar-refractivity contribution is -0.154. The van der Waals surface area contributed by atoms with Gasteiger partial charge in [-0.1, -0.05) is 24.3 Å². The van der Waals surface area contributed by atoms with Crippen molar-refractivity contribution in [3.63, 3.8) is 0 Å². The number of carbonyl (C=O) groups excluding carboxylic acids is 2. The third-order valence-corrected chi connectivity index (χ3v) is 2.97. The Bertz CT molecular complexity index is 453. The molecule has 0 unspecified atom stereocenters. The molecule has 1 aromatic rings. The largest absolute Gasteiger partial charge is 0.460 e. The average molecular weight is 248 g/mol. The standard InChI is InChI=1S/C14H16O4/c1-2-17-14(16)12(15)9-13-11-6-4-3-5-10(11)7-8-18-13/h3-6,13H,2,7-9H2,1H3/t13-/m1/s1. The fourth-order valence-corrected chi connectivity index (χ4v) is 2.11. The summed E-state index contributed by atoms with van der Waals surface area (Å²) in [7, 11) is 0. The van der Waals surface area contributed by atoms with Crippen LogP contribution in [-0.2, 0) is 25.5 Å². The van der Waals surface area contributed by atoms with Gasteiger partial charge in [0.1, 0.15) is 0 Å². The Kier molecular flexibility index (Phi) is 4.10. The number of fused-ring (bicyclic) bond motifs is 1. The molecule has 4 heteroatoms. The van der Waals surface area contributed by atoms with Crippen LogP contribution in [-0.4, -0.2) is 25.0 Å². The zero-order chi connectivity index (χ0) is 13.0. The fraction of sp³-hybridized carbons (Fsp3) is 0.429. The van der Waals surface area contributed by atoms with E-state index in [1.54, 1.807) is 6.92 Å². The molecular weight excluding hydrogens is 232 g/mol. The molecule has 0 amide bonds. The summed E-state index contributed by atoms with van der Waals surface area (Å²) in [5.41, 5.74) is 2.19. The first kappa shape index (κ1) is 12.8. The van der Waals surface area contributed by atoms with E-state index in [9.17, 15) is 9.59 Å².